The molecule has 0 rings (SSSR count). The lowest BCUT2D eigenvalue weighted by Gasteiger charge is -2.19. The van der Waals surface area contributed by atoms with Crippen LogP contribution in [-0.4, -0.2) is 65.0 Å². The van der Waals surface area contributed by atoms with E-state index in [4.69, 9.17) is 15.9 Å². The van der Waals surface area contributed by atoms with Crippen molar-refractivity contribution in [2.75, 3.05) is 13.1 Å². The van der Waals surface area contributed by atoms with Gasteiger partial charge in [0.05, 0.1) is 19.0 Å². The van der Waals surface area contributed by atoms with Crippen molar-refractivity contribution >= 4 is 29.7 Å². The normalized spacial score (nSPS) is 12.5. The van der Waals surface area contributed by atoms with Crippen molar-refractivity contribution in [1.29, 1.82) is 0 Å². The molecule has 0 aromatic heterocycles. The van der Waals surface area contributed by atoms with Gasteiger partial charge in [0.25, 0.3) is 0 Å². The SMILES string of the molecule is CCCCCCCCNC(=O)CNC(=O)[C@H](CC(=O)O)NC(=O)[C@@H](N)CCC(=O)O. The topological polar surface area (TPSA) is 188 Å². The van der Waals surface area contributed by atoms with E-state index in [0.29, 0.717) is 6.54 Å². The number of rotatable bonds is 17. The third-order valence-corrected chi connectivity index (χ3v) is 4.29. The molecule has 0 heterocycles. The Morgan fingerprint density at radius 2 is 1.50 bits per heavy atom. The summed E-state index contributed by atoms with van der Waals surface area (Å²) in [6.45, 7) is 2.26. The molecule has 0 aromatic rings. The molecular weight excluding hydrogens is 396 g/mol. The Labute approximate surface area is 176 Å². The number of carboxylic acid groups (broad SMARTS) is 2. The van der Waals surface area contributed by atoms with Crippen LogP contribution in [0.1, 0.15) is 64.7 Å². The first kappa shape index (κ1) is 27.3. The van der Waals surface area contributed by atoms with Crippen LogP contribution < -0.4 is 21.7 Å². The second-order valence-electron chi connectivity index (χ2n) is 7.03. The first-order valence-electron chi connectivity index (χ1n) is 10.2. The number of carbonyl (C=O) groups excluding carboxylic acids is 3. The van der Waals surface area contributed by atoms with Gasteiger partial charge in [-0.3, -0.25) is 24.0 Å². The zero-order valence-electron chi connectivity index (χ0n) is 17.4. The van der Waals surface area contributed by atoms with E-state index in [1.807, 2.05) is 0 Å². The van der Waals surface area contributed by atoms with E-state index < -0.39 is 48.2 Å². The molecule has 172 valence electrons. The van der Waals surface area contributed by atoms with Gasteiger partial charge < -0.3 is 31.9 Å². The first-order chi connectivity index (χ1) is 14.2. The van der Waals surface area contributed by atoms with E-state index in [1.54, 1.807) is 0 Å². The molecule has 30 heavy (non-hydrogen) atoms. The Morgan fingerprint density at radius 3 is 2.10 bits per heavy atom. The van der Waals surface area contributed by atoms with Crippen LogP contribution >= 0.6 is 0 Å². The van der Waals surface area contributed by atoms with Crippen LogP contribution in [0.15, 0.2) is 0 Å². The number of amides is 3. The van der Waals surface area contributed by atoms with E-state index in [-0.39, 0.29) is 19.4 Å². The molecule has 0 radical (unpaired) electrons. The third kappa shape index (κ3) is 14.3. The fourth-order valence-electron chi connectivity index (χ4n) is 2.56. The minimum absolute atomic E-state index is 0.163. The molecule has 11 nitrogen and oxygen atoms in total. The van der Waals surface area contributed by atoms with Gasteiger partial charge in [-0.1, -0.05) is 39.0 Å². The standard InChI is InChI=1S/C19H34N4O7/c1-2-3-4-5-6-7-10-21-15(24)12-22-19(30)14(11-17(27)28)23-18(29)13(20)8-9-16(25)26/h13-14H,2-12,20H2,1H3,(H,21,24)(H,22,30)(H,23,29)(H,25,26)(H,27,28)/t13-,14-/m0/s1. The predicted octanol–water partition coefficient (Wildman–Crippen LogP) is -0.269. The average Bonchev–Trinajstić information content (AvgIpc) is 2.68. The quantitative estimate of drug-likeness (QED) is 0.170. The van der Waals surface area contributed by atoms with Crippen LogP contribution in [0.2, 0.25) is 0 Å². The van der Waals surface area contributed by atoms with Crippen molar-refractivity contribution in [1.82, 2.24) is 16.0 Å². The van der Waals surface area contributed by atoms with Crippen molar-refractivity contribution in [2.45, 2.75) is 76.8 Å². The predicted molar refractivity (Wildman–Crippen MR) is 108 cm³/mol. The van der Waals surface area contributed by atoms with Gasteiger partial charge >= 0.3 is 11.9 Å². The maximum atomic E-state index is 12.2. The third-order valence-electron chi connectivity index (χ3n) is 4.29. The highest BCUT2D eigenvalue weighted by molar-refractivity contribution is 5.93. The van der Waals surface area contributed by atoms with Crippen LogP contribution in [0.25, 0.3) is 0 Å². The van der Waals surface area contributed by atoms with Crippen LogP contribution in [-0.2, 0) is 24.0 Å². The monoisotopic (exact) mass is 430 g/mol. The maximum Gasteiger partial charge on any atom is 0.305 e. The largest absolute Gasteiger partial charge is 0.481 e. The molecular formula is C19H34N4O7. The highest BCUT2D eigenvalue weighted by atomic mass is 16.4. The minimum Gasteiger partial charge on any atom is -0.481 e. The zero-order chi connectivity index (χ0) is 22.9. The number of nitrogens with one attached hydrogen (secondary N) is 3. The summed E-state index contributed by atoms with van der Waals surface area (Å²) in [5, 5.41) is 24.7. The lowest BCUT2D eigenvalue weighted by molar-refractivity contribution is -0.140. The lowest BCUT2D eigenvalue weighted by Crippen LogP contribution is -2.53. The molecule has 2 atom stereocenters. The van der Waals surface area contributed by atoms with E-state index >= 15 is 0 Å². The number of hydrogen-bond donors (Lipinski definition) is 6. The zero-order valence-corrected chi connectivity index (χ0v) is 17.4. The molecule has 11 heteroatoms. The number of aliphatic carboxylic acids is 2. The van der Waals surface area contributed by atoms with Crippen LogP contribution in [0.4, 0.5) is 0 Å². The van der Waals surface area contributed by atoms with Gasteiger partial charge in [0.15, 0.2) is 0 Å². The van der Waals surface area contributed by atoms with Crippen molar-refractivity contribution < 1.29 is 34.2 Å². The number of nitrogens with two attached hydrogens (primary N) is 1. The van der Waals surface area contributed by atoms with Gasteiger partial charge in [0.1, 0.15) is 6.04 Å². The van der Waals surface area contributed by atoms with Crippen molar-refractivity contribution in [3.63, 3.8) is 0 Å². The van der Waals surface area contributed by atoms with E-state index in [0.717, 1.165) is 32.1 Å². The van der Waals surface area contributed by atoms with E-state index in [1.165, 1.54) is 6.42 Å². The van der Waals surface area contributed by atoms with Crippen LogP contribution in [0.3, 0.4) is 0 Å². The molecule has 0 aliphatic heterocycles. The molecule has 7 N–H and O–H groups in total. The molecule has 0 spiro atoms. The summed E-state index contributed by atoms with van der Waals surface area (Å²) in [4.78, 5) is 57.5. The molecule has 0 unspecified atom stereocenters. The van der Waals surface area contributed by atoms with E-state index in [2.05, 4.69) is 22.9 Å². The number of hydrogen-bond acceptors (Lipinski definition) is 6. The summed E-state index contributed by atoms with van der Waals surface area (Å²) in [7, 11) is 0. The average molecular weight is 431 g/mol. The lowest BCUT2D eigenvalue weighted by atomic mass is 10.1. The van der Waals surface area contributed by atoms with Gasteiger partial charge in [0.2, 0.25) is 17.7 Å². The maximum absolute atomic E-state index is 12.2. The van der Waals surface area contributed by atoms with Crippen molar-refractivity contribution in [3.05, 3.63) is 0 Å². The first-order valence-corrected chi connectivity index (χ1v) is 10.2. The Morgan fingerprint density at radius 1 is 0.867 bits per heavy atom. The highest BCUT2D eigenvalue weighted by Crippen LogP contribution is 2.04. The molecule has 0 saturated heterocycles. The molecule has 0 aliphatic rings. The minimum atomic E-state index is -1.43. The summed E-state index contributed by atoms with van der Waals surface area (Å²) in [6.07, 6.45) is 5.24. The van der Waals surface area contributed by atoms with Crippen LogP contribution in [0.5, 0.6) is 0 Å². The smallest absolute Gasteiger partial charge is 0.305 e. The van der Waals surface area contributed by atoms with Gasteiger partial charge in [-0.2, -0.15) is 0 Å². The Hall–Kier alpha value is -2.69. The Bertz CT molecular complexity index is 583. The Balaban J connectivity index is 4.36. The summed E-state index contributed by atoms with van der Waals surface area (Å²) in [5.41, 5.74) is 5.55. The molecule has 0 saturated carbocycles. The van der Waals surface area contributed by atoms with Crippen molar-refractivity contribution in [3.8, 4) is 0 Å². The molecule has 0 fully saturated rings. The van der Waals surface area contributed by atoms with Gasteiger partial charge in [-0.25, -0.2) is 0 Å². The van der Waals surface area contributed by atoms with E-state index in [9.17, 15) is 24.0 Å². The van der Waals surface area contributed by atoms with Gasteiger partial charge in [-0.05, 0) is 12.8 Å². The second-order valence-corrected chi connectivity index (χ2v) is 7.03. The molecule has 3 amide bonds. The molecule has 0 aromatic carbocycles. The fourth-order valence-corrected chi connectivity index (χ4v) is 2.56. The van der Waals surface area contributed by atoms with Gasteiger partial charge in [0, 0.05) is 13.0 Å². The number of carboxylic acids is 2. The fraction of sp³-hybridized carbons (Fsp3) is 0.737. The summed E-state index contributed by atoms with van der Waals surface area (Å²) in [6, 6.07) is -2.64. The Kier molecular flexibility index (Phi) is 14.7. The van der Waals surface area contributed by atoms with Gasteiger partial charge in [-0.15, -0.1) is 0 Å². The number of carbonyl (C=O) groups is 5. The second kappa shape index (κ2) is 16.1. The molecule has 0 aliphatic carbocycles. The van der Waals surface area contributed by atoms with Crippen molar-refractivity contribution in [2.24, 2.45) is 5.73 Å². The number of unbranched alkanes of at least 4 members (excludes halogenated alkanes) is 5. The summed E-state index contributed by atoms with van der Waals surface area (Å²) < 4.78 is 0. The highest BCUT2D eigenvalue weighted by Gasteiger charge is 2.26. The molecule has 0 bridgehead atoms. The summed E-state index contributed by atoms with van der Waals surface area (Å²) in [5.74, 6) is -4.57. The summed E-state index contributed by atoms with van der Waals surface area (Å²) >= 11 is 0. The van der Waals surface area contributed by atoms with Crippen LogP contribution in [0, 0.1) is 0 Å².